The molecule has 0 saturated carbocycles. The van der Waals surface area contributed by atoms with E-state index in [9.17, 15) is 4.79 Å². The fourth-order valence-corrected chi connectivity index (χ4v) is 3.31. The number of carbonyl (C=O) groups excluding carboxylic acids is 1. The minimum Gasteiger partial charge on any atom is -0.408 e. The molecule has 0 aliphatic carbocycles. The van der Waals surface area contributed by atoms with Gasteiger partial charge in [-0.3, -0.25) is 4.79 Å². The van der Waals surface area contributed by atoms with Crippen molar-refractivity contribution in [1.82, 2.24) is 15.1 Å². The summed E-state index contributed by atoms with van der Waals surface area (Å²) in [6.07, 6.45) is 0. The number of amides is 1. The van der Waals surface area contributed by atoms with Crippen LogP contribution in [0.25, 0.3) is 11.1 Å². The SMILES string of the molecule is CC(C)c1nnc(N2CCN(C(=O)c3ccc(-c4ccccc4)cc3)CC2)o1. The monoisotopic (exact) mass is 376 g/mol. The quantitative estimate of drug-likeness (QED) is 0.693. The number of hydrogen-bond donors (Lipinski definition) is 0. The lowest BCUT2D eigenvalue weighted by atomic mass is 10.0. The van der Waals surface area contributed by atoms with Crippen LogP contribution in [0.3, 0.4) is 0 Å². The molecule has 0 atom stereocenters. The molecule has 1 aromatic heterocycles. The van der Waals surface area contributed by atoms with Gasteiger partial charge in [-0.25, -0.2) is 0 Å². The van der Waals surface area contributed by atoms with Crippen molar-refractivity contribution >= 4 is 11.9 Å². The van der Waals surface area contributed by atoms with Crippen LogP contribution in [0.5, 0.6) is 0 Å². The van der Waals surface area contributed by atoms with Gasteiger partial charge in [-0.05, 0) is 23.3 Å². The molecule has 144 valence electrons. The van der Waals surface area contributed by atoms with Gasteiger partial charge in [0.25, 0.3) is 5.91 Å². The minimum atomic E-state index is 0.0626. The van der Waals surface area contributed by atoms with Gasteiger partial charge in [0.1, 0.15) is 0 Å². The fraction of sp³-hybridized carbons (Fsp3) is 0.318. The van der Waals surface area contributed by atoms with E-state index in [0.717, 1.165) is 11.1 Å². The molecule has 0 spiro atoms. The van der Waals surface area contributed by atoms with Crippen molar-refractivity contribution in [2.75, 3.05) is 31.1 Å². The van der Waals surface area contributed by atoms with E-state index in [1.54, 1.807) is 0 Å². The summed E-state index contributed by atoms with van der Waals surface area (Å²) < 4.78 is 5.72. The number of nitrogens with zero attached hydrogens (tertiary/aromatic N) is 4. The zero-order valence-electron chi connectivity index (χ0n) is 16.2. The molecular weight excluding hydrogens is 352 g/mol. The predicted molar refractivity (Wildman–Crippen MR) is 108 cm³/mol. The summed E-state index contributed by atoms with van der Waals surface area (Å²) in [4.78, 5) is 16.8. The minimum absolute atomic E-state index is 0.0626. The molecule has 4 rings (SSSR count). The molecule has 1 saturated heterocycles. The summed E-state index contributed by atoms with van der Waals surface area (Å²) >= 11 is 0. The first-order chi connectivity index (χ1) is 13.6. The molecule has 1 aliphatic heterocycles. The van der Waals surface area contributed by atoms with E-state index in [4.69, 9.17) is 4.42 Å². The maximum atomic E-state index is 12.8. The molecule has 1 amide bonds. The molecule has 0 bridgehead atoms. The van der Waals surface area contributed by atoms with E-state index in [1.165, 1.54) is 0 Å². The number of aromatic nitrogens is 2. The highest BCUT2D eigenvalue weighted by atomic mass is 16.4. The van der Waals surface area contributed by atoms with Gasteiger partial charge in [-0.15, -0.1) is 5.10 Å². The van der Waals surface area contributed by atoms with Crippen LogP contribution in [-0.2, 0) is 0 Å². The van der Waals surface area contributed by atoms with Crippen LogP contribution < -0.4 is 4.90 Å². The third kappa shape index (κ3) is 3.76. The Morgan fingerprint density at radius 3 is 2.14 bits per heavy atom. The molecule has 1 aliphatic rings. The number of piperazine rings is 1. The highest BCUT2D eigenvalue weighted by Gasteiger charge is 2.25. The van der Waals surface area contributed by atoms with Crippen molar-refractivity contribution in [2.24, 2.45) is 0 Å². The Hall–Kier alpha value is -3.15. The maximum absolute atomic E-state index is 12.8. The Bertz CT molecular complexity index is 927. The second-order valence-electron chi connectivity index (χ2n) is 7.30. The number of hydrogen-bond acceptors (Lipinski definition) is 5. The molecule has 1 fully saturated rings. The van der Waals surface area contributed by atoms with E-state index in [-0.39, 0.29) is 11.8 Å². The summed E-state index contributed by atoms with van der Waals surface area (Å²) in [5.74, 6) is 0.919. The van der Waals surface area contributed by atoms with Crippen LogP contribution in [0.15, 0.2) is 59.0 Å². The van der Waals surface area contributed by atoms with E-state index in [0.29, 0.717) is 43.6 Å². The maximum Gasteiger partial charge on any atom is 0.318 e. The zero-order valence-corrected chi connectivity index (χ0v) is 16.2. The smallest absolute Gasteiger partial charge is 0.318 e. The lowest BCUT2D eigenvalue weighted by Crippen LogP contribution is -2.48. The number of anilines is 1. The van der Waals surface area contributed by atoms with Crippen LogP contribution in [-0.4, -0.2) is 47.2 Å². The van der Waals surface area contributed by atoms with Crippen molar-refractivity contribution in [1.29, 1.82) is 0 Å². The highest BCUT2D eigenvalue weighted by Crippen LogP contribution is 2.22. The number of rotatable bonds is 4. The molecular formula is C22H24N4O2. The molecule has 3 aromatic rings. The number of benzene rings is 2. The van der Waals surface area contributed by atoms with Crippen LogP contribution in [0, 0.1) is 0 Å². The summed E-state index contributed by atoms with van der Waals surface area (Å²) in [5, 5.41) is 8.22. The molecule has 0 radical (unpaired) electrons. The summed E-state index contributed by atoms with van der Waals surface area (Å²) in [7, 11) is 0. The van der Waals surface area contributed by atoms with Crippen LogP contribution in [0.4, 0.5) is 6.01 Å². The van der Waals surface area contributed by atoms with Gasteiger partial charge in [0.05, 0.1) is 0 Å². The van der Waals surface area contributed by atoms with Gasteiger partial charge >= 0.3 is 6.01 Å². The van der Waals surface area contributed by atoms with Crippen molar-refractivity contribution < 1.29 is 9.21 Å². The Balaban J connectivity index is 1.38. The third-order valence-corrected chi connectivity index (χ3v) is 5.00. The Morgan fingerprint density at radius 1 is 0.893 bits per heavy atom. The topological polar surface area (TPSA) is 62.5 Å². The molecule has 2 heterocycles. The van der Waals surface area contributed by atoms with Gasteiger partial charge in [0.2, 0.25) is 5.89 Å². The molecule has 6 nitrogen and oxygen atoms in total. The average molecular weight is 376 g/mol. The van der Waals surface area contributed by atoms with Gasteiger partial charge in [0.15, 0.2) is 0 Å². The molecule has 6 heteroatoms. The van der Waals surface area contributed by atoms with Gasteiger partial charge in [0, 0.05) is 37.7 Å². The van der Waals surface area contributed by atoms with E-state index < -0.39 is 0 Å². The lowest BCUT2D eigenvalue weighted by molar-refractivity contribution is 0.0745. The Labute approximate surface area is 164 Å². The van der Waals surface area contributed by atoms with Gasteiger partial charge in [-0.1, -0.05) is 61.4 Å². The first-order valence-electron chi connectivity index (χ1n) is 9.65. The zero-order chi connectivity index (χ0) is 19.5. The first kappa shape index (κ1) is 18.2. The van der Waals surface area contributed by atoms with Crippen molar-refractivity contribution in [3.63, 3.8) is 0 Å². The van der Waals surface area contributed by atoms with Crippen LogP contribution in [0.2, 0.25) is 0 Å². The third-order valence-electron chi connectivity index (χ3n) is 5.00. The molecule has 2 aromatic carbocycles. The fourth-order valence-electron chi connectivity index (χ4n) is 3.31. The summed E-state index contributed by atoms with van der Waals surface area (Å²) in [6.45, 7) is 6.70. The molecule has 0 N–H and O–H groups in total. The van der Waals surface area contributed by atoms with E-state index >= 15 is 0 Å². The van der Waals surface area contributed by atoms with Gasteiger partial charge < -0.3 is 14.2 Å². The Kier molecular flexibility index (Phi) is 5.10. The highest BCUT2D eigenvalue weighted by molar-refractivity contribution is 5.94. The average Bonchev–Trinajstić information content (AvgIpc) is 3.25. The number of carbonyl (C=O) groups is 1. The van der Waals surface area contributed by atoms with Crippen molar-refractivity contribution in [3.8, 4) is 11.1 Å². The first-order valence-corrected chi connectivity index (χ1v) is 9.65. The normalized spacial score (nSPS) is 14.5. The van der Waals surface area contributed by atoms with E-state index in [1.807, 2.05) is 66.1 Å². The predicted octanol–water partition coefficient (Wildman–Crippen LogP) is 3.82. The largest absolute Gasteiger partial charge is 0.408 e. The summed E-state index contributed by atoms with van der Waals surface area (Å²) in [6, 6.07) is 18.5. The standard InChI is InChI=1S/C22H24N4O2/c1-16(2)20-23-24-22(28-20)26-14-12-25(13-15-26)21(27)19-10-8-18(9-11-19)17-6-4-3-5-7-17/h3-11,16H,12-15H2,1-2H3. The van der Waals surface area contributed by atoms with E-state index in [2.05, 4.69) is 22.3 Å². The van der Waals surface area contributed by atoms with Gasteiger partial charge in [-0.2, -0.15) is 0 Å². The molecule has 28 heavy (non-hydrogen) atoms. The van der Waals surface area contributed by atoms with Crippen LogP contribution >= 0.6 is 0 Å². The van der Waals surface area contributed by atoms with Crippen molar-refractivity contribution in [2.45, 2.75) is 19.8 Å². The Morgan fingerprint density at radius 2 is 1.54 bits per heavy atom. The second kappa shape index (κ2) is 7.84. The lowest BCUT2D eigenvalue weighted by Gasteiger charge is -2.33. The molecule has 0 unspecified atom stereocenters. The van der Waals surface area contributed by atoms with Crippen molar-refractivity contribution in [3.05, 3.63) is 66.1 Å². The van der Waals surface area contributed by atoms with Crippen LogP contribution in [0.1, 0.15) is 36.0 Å². The summed E-state index contributed by atoms with van der Waals surface area (Å²) in [5.41, 5.74) is 2.97. The second-order valence-corrected chi connectivity index (χ2v) is 7.30.